The molecule has 0 aliphatic rings. The first-order chi connectivity index (χ1) is 7.65. The van der Waals surface area contributed by atoms with Crippen LogP contribution in [0.1, 0.15) is 15.2 Å². The Morgan fingerprint density at radius 1 is 1.25 bits per heavy atom. The molecule has 0 N–H and O–H groups in total. The third-order valence-electron chi connectivity index (χ3n) is 1.99. The van der Waals surface area contributed by atoms with Gasteiger partial charge in [-0.15, -0.1) is 11.3 Å². The van der Waals surface area contributed by atoms with Crippen molar-refractivity contribution in [1.29, 1.82) is 0 Å². The molecule has 0 atom stereocenters. The molecule has 0 aliphatic carbocycles. The number of carbonyl (C=O) groups is 1. The van der Waals surface area contributed by atoms with Crippen molar-refractivity contribution in [3.8, 4) is 0 Å². The van der Waals surface area contributed by atoms with Crippen LogP contribution < -0.4 is 0 Å². The second kappa shape index (κ2) is 4.49. The summed E-state index contributed by atoms with van der Waals surface area (Å²) in [5, 5.41) is 0. The molecule has 0 unspecified atom stereocenters. The minimum Gasteiger partial charge on any atom is -0.293 e. The average Bonchev–Trinajstić information content (AvgIpc) is 2.68. The number of aromatic nitrogens is 1. The van der Waals surface area contributed by atoms with Gasteiger partial charge in [0.25, 0.3) is 0 Å². The van der Waals surface area contributed by atoms with Gasteiger partial charge in [0.2, 0.25) is 0 Å². The quantitative estimate of drug-likeness (QED) is 0.771. The lowest BCUT2D eigenvalue weighted by molar-refractivity contribution is 0.0996. The van der Waals surface area contributed by atoms with Crippen LogP contribution in [0.4, 0.5) is 8.78 Å². The second-order valence-corrected chi connectivity index (χ2v) is 4.13. The van der Waals surface area contributed by atoms with E-state index in [0.717, 1.165) is 18.2 Å². The fraction of sp³-hybridized carbons (Fsp3) is 0.0909. The molecule has 1 aromatic heterocycles. The van der Waals surface area contributed by atoms with Gasteiger partial charge in [0.05, 0.1) is 10.4 Å². The molecule has 0 radical (unpaired) electrons. The molecule has 0 amide bonds. The van der Waals surface area contributed by atoms with Gasteiger partial charge in [-0.3, -0.25) is 9.78 Å². The van der Waals surface area contributed by atoms with Crippen LogP contribution in [0.15, 0.2) is 29.9 Å². The van der Waals surface area contributed by atoms with Gasteiger partial charge in [-0.2, -0.15) is 0 Å². The van der Waals surface area contributed by atoms with Crippen LogP contribution in [0.2, 0.25) is 0 Å². The van der Waals surface area contributed by atoms with E-state index in [1.54, 1.807) is 5.51 Å². The fourth-order valence-electron chi connectivity index (χ4n) is 1.34. The molecule has 0 fully saturated rings. The summed E-state index contributed by atoms with van der Waals surface area (Å²) < 4.78 is 25.7. The first kappa shape index (κ1) is 10.9. The predicted octanol–water partition coefficient (Wildman–Crippen LogP) is 2.85. The third kappa shape index (κ3) is 2.49. The molecule has 1 heterocycles. The second-order valence-electron chi connectivity index (χ2n) is 3.24. The van der Waals surface area contributed by atoms with E-state index in [9.17, 15) is 13.6 Å². The minimum atomic E-state index is -0.674. The van der Waals surface area contributed by atoms with E-state index >= 15 is 0 Å². The Balaban J connectivity index is 2.18. The number of thiazole rings is 1. The van der Waals surface area contributed by atoms with Crippen molar-refractivity contribution in [2.45, 2.75) is 6.42 Å². The van der Waals surface area contributed by atoms with Gasteiger partial charge in [0.1, 0.15) is 11.6 Å². The Labute approximate surface area is 94.6 Å². The highest BCUT2D eigenvalue weighted by atomic mass is 32.1. The molecular formula is C11H7F2NOS. The van der Waals surface area contributed by atoms with Crippen LogP contribution in [0.3, 0.4) is 0 Å². The minimum absolute atomic E-state index is 0.0170. The van der Waals surface area contributed by atoms with Crippen LogP contribution in [0.5, 0.6) is 0 Å². The van der Waals surface area contributed by atoms with Crippen molar-refractivity contribution in [2.75, 3.05) is 0 Å². The number of ketones is 1. The highest BCUT2D eigenvalue weighted by Crippen LogP contribution is 2.13. The summed E-state index contributed by atoms with van der Waals surface area (Å²) in [7, 11) is 0. The molecule has 16 heavy (non-hydrogen) atoms. The lowest BCUT2D eigenvalue weighted by atomic mass is 10.1. The van der Waals surface area contributed by atoms with Crippen molar-refractivity contribution in [3.63, 3.8) is 0 Å². The predicted molar refractivity (Wildman–Crippen MR) is 56.5 cm³/mol. The maximum Gasteiger partial charge on any atom is 0.178 e. The van der Waals surface area contributed by atoms with Gasteiger partial charge in [-0.1, -0.05) is 0 Å². The highest BCUT2D eigenvalue weighted by Gasteiger charge is 2.10. The number of nitrogens with zero attached hydrogens (tertiary/aromatic N) is 1. The van der Waals surface area contributed by atoms with Crippen LogP contribution in [-0.2, 0) is 6.42 Å². The van der Waals surface area contributed by atoms with Crippen LogP contribution >= 0.6 is 11.3 Å². The molecule has 0 aliphatic heterocycles. The van der Waals surface area contributed by atoms with Gasteiger partial charge in [-0.05, 0) is 17.7 Å². The lowest BCUT2D eigenvalue weighted by Crippen LogP contribution is -2.02. The van der Waals surface area contributed by atoms with E-state index in [2.05, 4.69) is 4.98 Å². The Bertz CT molecular complexity index is 490. The average molecular weight is 239 g/mol. The molecule has 5 heteroatoms. The summed E-state index contributed by atoms with van der Waals surface area (Å²) in [6.07, 6.45) is 1.43. The molecule has 0 bridgehead atoms. The number of benzene rings is 1. The standard InChI is InChI=1S/C11H7F2NOS/c12-8-1-7(2-9(13)4-8)3-10(15)11-5-14-6-16-11/h1-2,4-6H,3H2. The van der Waals surface area contributed by atoms with Crippen LogP contribution in [-0.4, -0.2) is 10.8 Å². The van der Waals surface area contributed by atoms with E-state index in [4.69, 9.17) is 0 Å². The van der Waals surface area contributed by atoms with E-state index in [1.165, 1.54) is 17.5 Å². The zero-order valence-corrected chi connectivity index (χ0v) is 8.93. The summed E-state index contributed by atoms with van der Waals surface area (Å²) in [5.74, 6) is -1.54. The lowest BCUT2D eigenvalue weighted by Gasteiger charge is -1.99. The number of hydrogen-bond acceptors (Lipinski definition) is 3. The zero-order chi connectivity index (χ0) is 11.5. The third-order valence-corrected chi connectivity index (χ3v) is 2.81. The maximum atomic E-state index is 12.9. The number of Topliss-reactive ketones (excluding diaryl/α,β-unsaturated/α-hetero) is 1. The van der Waals surface area contributed by atoms with E-state index in [-0.39, 0.29) is 12.2 Å². The van der Waals surface area contributed by atoms with E-state index in [1.807, 2.05) is 0 Å². The molecule has 2 aromatic rings. The smallest absolute Gasteiger partial charge is 0.178 e. The monoisotopic (exact) mass is 239 g/mol. The number of carbonyl (C=O) groups excluding carboxylic acids is 1. The molecule has 82 valence electrons. The number of rotatable bonds is 3. The van der Waals surface area contributed by atoms with Gasteiger partial charge in [0, 0.05) is 18.7 Å². The Morgan fingerprint density at radius 2 is 1.94 bits per heavy atom. The number of halogens is 2. The molecule has 0 saturated carbocycles. The maximum absolute atomic E-state index is 12.9. The molecule has 1 aromatic carbocycles. The summed E-state index contributed by atoms with van der Waals surface area (Å²) in [4.78, 5) is 15.9. The van der Waals surface area contributed by atoms with Crippen molar-refractivity contribution < 1.29 is 13.6 Å². The van der Waals surface area contributed by atoms with E-state index in [0.29, 0.717) is 10.4 Å². The van der Waals surface area contributed by atoms with Crippen LogP contribution in [0, 0.1) is 11.6 Å². The Hall–Kier alpha value is -1.62. The van der Waals surface area contributed by atoms with Crippen molar-refractivity contribution >= 4 is 17.1 Å². The van der Waals surface area contributed by atoms with E-state index < -0.39 is 11.6 Å². The molecule has 0 spiro atoms. The first-order valence-corrected chi connectivity index (χ1v) is 5.40. The van der Waals surface area contributed by atoms with Crippen molar-refractivity contribution in [1.82, 2.24) is 4.98 Å². The van der Waals surface area contributed by atoms with Gasteiger partial charge >= 0.3 is 0 Å². The SMILES string of the molecule is O=C(Cc1cc(F)cc(F)c1)c1cncs1. The topological polar surface area (TPSA) is 30.0 Å². The summed E-state index contributed by atoms with van der Waals surface area (Å²) in [5.41, 5.74) is 1.87. The van der Waals surface area contributed by atoms with Crippen molar-refractivity contribution in [2.24, 2.45) is 0 Å². The van der Waals surface area contributed by atoms with Crippen molar-refractivity contribution in [3.05, 3.63) is 52.0 Å². The molecular weight excluding hydrogens is 232 g/mol. The van der Waals surface area contributed by atoms with Gasteiger partial charge < -0.3 is 0 Å². The van der Waals surface area contributed by atoms with Gasteiger partial charge in [-0.25, -0.2) is 8.78 Å². The Morgan fingerprint density at radius 3 is 2.50 bits per heavy atom. The summed E-state index contributed by atoms with van der Waals surface area (Å²) in [6, 6.07) is 3.09. The molecule has 2 rings (SSSR count). The zero-order valence-electron chi connectivity index (χ0n) is 8.11. The molecule has 2 nitrogen and oxygen atoms in total. The number of hydrogen-bond donors (Lipinski definition) is 0. The summed E-state index contributed by atoms with van der Waals surface area (Å²) >= 11 is 1.21. The summed E-state index contributed by atoms with van der Waals surface area (Å²) in [6.45, 7) is 0. The Kier molecular flexibility index (Phi) is 3.05. The van der Waals surface area contributed by atoms with Crippen LogP contribution in [0.25, 0.3) is 0 Å². The fourth-order valence-corrected chi connectivity index (χ4v) is 1.90. The first-order valence-electron chi connectivity index (χ1n) is 4.52. The highest BCUT2D eigenvalue weighted by molar-refractivity contribution is 7.11. The van der Waals surface area contributed by atoms with Gasteiger partial charge in [0.15, 0.2) is 5.78 Å². The molecule has 0 saturated heterocycles. The largest absolute Gasteiger partial charge is 0.293 e. The normalized spacial score (nSPS) is 10.4.